The fourth-order valence-corrected chi connectivity index (χ4v) is 4.33. The summed E-state index contributed by atoms with van der Waals surface area (Å²) in [5, 5.41) is 2.71. The average molecular weight is 341 g/mol. The highest BCUT2D eigenvalue weighted by Crippen LogP contribution is 2.45. The van der Waals surface area contributed by atoms with E-state index in [1.54, 1.807) is 12.1 Å². The van der Waals surface area contributed by atoms with Crippen LogP contribution in [0.1, 0.15) is 38.2 Å². The van der Waals surface area contributed by atoms with E-state index in [-0.39, 0.29) is 12.6 Å². The van der Waals surface area contributed by atoms with Gasteiger partial charge in [0.15, 0.2) is 0 Å². The number of ether oxygens (including phenoxy) is 2. The van der Waals surface area contributed by atoms with Crippen LogP contribution in [0.5, 0.6) is 0 Å². The Hall–Kier alpha value is -1.20. The standard InChI is InChI=1S/C16H24NO5P/c1-2-10-21-15(18)12-16(9-6-11-22-16)17-23(19,20)13-14-7-4-3-5-8-14/h3-5,7-8H,2,6,9-13H2,1H3,(H2,17,19,20). The van der Waals surface area contributed by atoms with Crippen molar-refractivity contribution in [3.63, 3.8) is 0 Å². The molecule has 2 unspecified atom stereocenters. The highest BCUT2D eigenvalue weighted by atomic mass is 31.2. The molecule has 0 amide bonds. The van der Waals surface area contributed by atoms with Crippen LogP contribution in [0, 0.1) is 0 Å². The number of rotatable bonds is 8. The minimum atomic E-state index is -3.69. The summed E-state index contributed by atoms with van der Waals surface area (Å²) in [6, 6.07) is 9.08. The maximum absolute atomic E-state index is 12.6. The van der Waals surface area contributed by atoms with Crippen LogP contribution in [0.2, 0.25) is 0 Å². The van der Waals surface area contributed by atoms with Gasteiger partial charge in [0.1, 0.15) is 5.72 Å². The predicted molar refractivity (Wildman–Crippen MR) is 86.9 cm³/mol. The van der Waals surface area contributed by atoms with Gasteiger partial charge in [0.2, 0.25) is 0 Å². The zero-order valence-corrected chi connectivity index (χ0v) is 14.3. The SMILES string of the molecule is CCCOC(=O)CC1(NP(=O)(O)Cc2ccccc2)CCCO1. The average Bonchev–Trinajstić information content (AvgIpc) is 2.92. The summed E-state index contributed by atoms with van der Waals surface area (Å²) in [7, 11) is -3.69. The molecule has 2 N–H and O–H groups in total. The summed E-state index contributed by atoms with van der Waals surface area (Å²) < 4.78 is 23.3. The van der Waals surface area contributed by atoms with Gasteiger partial charge >= 0.3 is 5.97 Å². The van der Waals surface area contributed by atoms with Gasteiger partial charge in [-0.25, -0.2) is 5.09 Å². The van der Waals surface area contributed by atoms with Gasteiger partial charge in [-0.3, -0.25) is 9.36 Å². The Balaban J connectivity index is 2.03. The molecule has 0 spiro atoms. The smallest absolute Gasteiger partial charge is 0.310 e. The zero-order valence-electron chi connectivity index (χ0n) is 13.4. The maximum Gasteiger partial charge on any atom is 0.310 e. The van der Waals surface area contributed by atoms with Crippen molar-refractivity contribution in [2.24, 2.45) is 0 Å². The fraction of sp³-hybridized carbons (Fsp3) is 0.562. The quantitative estimate of drug-likeness (QED) is 0.559. The van der Waals surface area contributed by atoms with Gasteiger partial charge < -0.3 is 14.4 Å². The Labute approximate surface area is 136 Å². The van der Waals surface area contributed by atoms with Crippen LogP contribution in [-0.4, -0.2) is 29.8 Å². The van der Waals surface area contributed by atoms with E-state index in [2.05, 4.69) is 5.09 Å². The van der Waals surface area contributed by atoms with E-state index in [4.69, 9.17) is 9.47 Å². The van der Waals surface area contributed by atoms with E-state index < -0.39 is 19.2 Å². The molecule has 1 aliphatic heterocycles. The van der Waals surface area contributed by atoms with Crippen molar-refractivity contribution in [2.75, 3.05) is 13.2 Å². The molecule has 2 atom stereocenters. The second-order valence-corrected chi connectivity index (χ2v) is 7.74. The van der Waals surface area contributed by atoms with Crippen molar-refractivity contribution in [1.29, 1.82) is 0 Å². The third kappa shape index (κ3) is 5.74. The first-order chi connectivity index (χ1) is 10.9. The lowest BCUT2D eigenvalue weighted by molar-refractivity contribution is -0.150. The van der Waals surface area contributed by atoms with Crippen molar-refractivity contribution in [3.05, 3.63) is 35.9 Å². The van der Waals surface area contributed by atoms with E-state index in [9.17, 15) is 14.3 Å². The van der Waals surface area contributed by atoms with Crippen molar-refractivity contribution in [1.82, 2.24) is 5.09 Å². The second-order valence-electron chi connectivity index (χ2n) is 5.80. The fourth-order valence-electron chi connectivity index (χ4n) is 2.65. The number of hydrogen-bond donors (Lipinski definition) is 2. The summed E-state index contributed by atoms with van der Waals surface area (Å²) in [4.78, 5) is 22.2. The van der Waals surface area contributed by atoms with Gasteiger partial charge in [-0.1, -0.05) is 37.3 Å². The lowest BCUT2D eigenvalue weighted by Crippen LogP contribution is -2.45. The minimum Gasteiger partial charge on any atom is -0.466 e. The Bertz CT molecular complexity index is 557. The van der Waals surface area contributed by atoms with E-state index in [1.165, 1.54) is 0 Å². The molecule has 0 radical (unpaired) electrons. The molecule has 1 aromatic carbocycles. The Kier molecular flexibility index (Phi) is 6.36. The van der Waals surface area contributed by atoms with Crippen molar-refractivity contribution < 1.29 is 23.7 Å². The number of esters is 1. The first kappa shape index (κ1) is 18.1. The Morgan fingerprint density at radius 3 is 2.78 bits per heavy atom. The maximum atomic E-state index is 12.6. The molecule has 0 saturated carbocycles. The van der Waals surface area contributed by atoms with Crippen LogP contribution in [0.25, 0.3) is 0 Å². The normalized spacial score (nSPS) is 23.4. The molecular formula is C16H24NO5P. The van der Waals surface area contributed by atoms with E-state index in [1.807, 2.05) is 25.1 Å². The van der Waals surface area contributed by atoms with E-state index in [0.717, 1.165) is 18.4 Å². The van der Waals surface area contributed by atoms with Crippen LogP contribution in [0.4, 0.5) is 0 Å². The van der Waals surface area contributed by atoms with E-state index in [0.29, 0.717) is 19.6 Å². The topological polar surface area (TPSA) is 84.9 Å². The molecule has 2 rings (SSSR count). The molecule has 23 heavy (non-hydrogen) atoms. The van der Waals surface area contributed by atoms with Crippen molar-refractivity contribution in [2.45, 2.75) is 44.5 Å². The highest BCUT2D eigenvalue weighted by molar-refractivity contribution is 7.55. The van der Waals surface area contributed by atoms with Gasteiger partial charge in [-0.05, 0) is 24.8 Å². The number of hydrogen-bond acceptors (Lipinski definition) is 4. The van der Waals surface area contributed by atoms with Crippen molar-refractivity contribution in [3.8, 4) is 0 Å². The van der Waals surface area contributed by atoms with Crippen LogP contribution in [0.15, 0.2) is 30.3 Å². The second kappa shape index (κ2) is 8.06. The number of carbonyl (C=O) groups is 1. The summed E-state index contributed by atoms with van der Waals surface area (Å²) in [6.45, 7) is 2.71. The molecule has 0 bridgehead atoms. The molecule has 1 aliphatic rings. The summed E-state index contributed by atoms with van der Waals surface area (Å²) in [6.07, 6.45) is 1.90. The lowest BCUT2D eigenvalue weighted by Gasteiger charge is -2.31. The Morgan fingerprint density at radius 2 is 2.17 bits per heavy atom. The number of nitrogens with one attached hydrogen (secondary N) is 1. The number of carbonyl (C=O) groups excluding carboxylic acids is 1. The summed E-state index contributed by atoms with van der Waals surface area (Å²) in [5.41, 5.74) is -0.350. The molecule has 1 fully saturated rings. The van der Waals surface area contributed by atoms with Crippen LogP contribution >= 0.6 is 7.52 Å². The lowest BCUT2D eigenvalue weighted by atomic mass is 10.1. The molecular weight excluding hydrogens is 317 g/mol. The highest BCUT2D eigenvalue weighted by Gasteiger charge is 2.42. The Morgan fingerprint density at radius 1 is 1.43 bits per heavy atom. The zero-order chi connectivity index (χ0) is 16.8. The molecule has 1 heterocycles. The van der Waals surface area contributed by atoms with Gasteiger partial charge in [-0.2, -0.15) is 0 Å². The largest absolute Gasteiger partial charge is 0.466 e. The molecule has 0 aromatic heterocycles. The minimum absolute atomic E-state index is 0.0110. The van der Waals surface area contributed by atoms with Crippen LogP contribution < -0.4 is 5.09 Å². The van der Waals surface area contributed by atoms with Gasteiger partial charge in [0.05, 0.1) is 19.2 Å². The monoisotopic (exact) mass is 341 g/mol. The molecule has 1 aromatic rings. The van der Waals surface area contributed by atoms with Crippen LogP contribution in [-0.2, 0) is 25.0 Å². The van der Waals surface area contributed by atoms with Crippen LogP contribution in [0.3, 0.4) is 0 Å². The third-order valence-electron chi connectivity index (χ3n) is 3.62. The molecule has 7 heteroatoms. The molecule has 1 saturated heterocycles. The number of benzene rings is 1. The first-order valence-corrected chi connectivity index (χ1v) is 9.74. The van der Waals surface area contributed by atoms with Crippen molar-refractivity contribution >= 4 is 13.5 Å². The molecule has 128 valence electrons. The van der Waals surface area contributed by atoms with E-state index >= 15 is 0 Å². The summed E-state index contributed by atoms with van der Waals surface area (Å²) >= 11 is 0. The third-order valence-corrected chi connectivity index (χ3v) is 5.17. The molecule has 0 aliphatic carbocycles. The predicted octanol–water partition coefficient (Wildman–Crippen LogP) is 2.81. The van der Waals surface area contributed by atoms with Gasteiger partial charge in [0.25, 0.3) is 7.52 Å². The summed E-state index contributed by atoms with van der Waals surface area (Å²) in [5.74, 6) is -0.416. The molecule has 6 nitrogen and oxygen atoms in total. The van der Waals surface area contributed by atoms with Gasteiger partial charge in [-0.15, -0.1) is 0 Å². The first-order valence-electron chi connectivity index (χ1n) is 7.89. The van der Waals surface area contributed by atoms with Gasteiger partial charge in [0, 0.05) is 6.61 Å².